The molecule has 1 saturated heterocycles. The van der Waals surface area contributed by atoms with Gasteiger partial charge in [0.2, 0.25) is 0 Å². The predicted octanol–water partition coefficient (Wildman–Crippen LogP) is 3.92. The maximum atomic E-state index is 2.64. The van der Waals surface area contributed by atoms with Gasteiger partial charge < -0.3 is 9.47 Å². The standard InChI is InChI=1S/C19H26N2/c1-15-8-9-19-17(14-15)16-6-2-3-7-18(16)21(19)13-12-20-10-4-5-11-20/h8-9,14H,2-7,10-13H2,1H3. The molecule has 1 aliphatic carbocycles. The van der Waals surface area contributed by atoms with Crippen molar-refractivity contribution in [1.29, 1.82) is 0 Å². The van der Waals surface area contributed by atoms with Crippen molar-refractivity contribution in [3.63, 3.8) is 0 Å². The molecule has 1 fully saturated rings. The molecule has 2 aromatic rings. The third-order valence-corrected chi connectivity index (χ3v) is 5.37. The summed E-state index contributed by atoms with van der Waals surface area (Å²) < 4.78 is 2.64. The molecule has 0 atom stereocenters. The van der Waals surface area contributed by atoms with E-state index in [1.54, 1.807) is 11.3 Å². The van der Waals surface area contributed by atoms with Crippen molar-refractivity contribution in [1.82, 2.24) is 9.47 Å². The summed E-state index contributed by atoms with van der Waals surface area (Å²) in [5.41, 5.74) is 6.17. The minimum atomic E-state index is 1.18. The molecule has 0 bridgehead atoms. The first-order valence-electron chi connectivity index (χ1n) is 8.66. The van der Waals surface area contributed by atoms with E-state index in [0.29, 0.717) is 0 Å². The second-order valence-electron chi connectivity index (χ2n) is 6.85. The zero-order chi connectivity index (χ0) is 14.2. The maximum Gasteiger partial charge on any atom is 0.0486 e. The summed E-state index contributed by atoms with van der Waals surface area (Å²) in [6.45, 7) is 7.23. The van der Waals surface area contributed by atoms with Gasteiger partial charge in [-0.2, -0.15) is 0 Å². The van der Waals surface area contributed by atoms with Gasteiger partial charge >= 0.3 is 0 Å². The molecule has 1 aliphatic heterocycles. The summed E-state index contributed by atoms with van der Waals surface area (Å²) in [6.07, 6.45) is 8.08. The molecule has 0 radical (unpaired) electrons. The number of nitrogens with zero attached hydrogens (tertiary/aromatic N) is 2. The molecule has 112 valence electrons. The molecule has 2 nitrogen and oxygen atoms in total. The van der Waals surface area contributed by atoms with Crippen LogP contribution in [0.2, 0.25) is 0 Å². The van der Waals surface area contributed by atoms with E-state index in [9.17, 15) is 0 Å². The Morgan fingerprint density at radius 1 is 0.952 bits per heavy atom. The van der Waals surface area contributed by atoms with Gasteiger partial charge in [0.15, 0.2) is 0 Å². The van der Waals surface area contributed by atoms with Gasteiger partial charge in [0.1, 0.15) is 0 Å². The minimum absolute atomic E-state index is 1.18. The molecule has 0 spiro atoms. The zero-order valence-electron chi connectivity index (χ0n) is 13.2. The third kappa shape index (κ3) is 2.40. The minimum Gasteiger partial charge on any atom is -0.343 e. The Morgan fingerprint density at radius 3 is 2.62 bits per heavy atom. The highest BCUT2D eigenvalue weighted by molar-refractivity contribution is 5.86. The van der Waals surface area contributed by atoms with Crippen molar-refractivity contribution in [2.24, 2.45) is 0 Å². The molecule has 0 amide bonds. The fourth-order valence-corrected chi connectivity index (χ4v) is 4.25. The van der Waals surface area contributed by atoms with Gasteiger partial charge in [-0.1, -0.05) is 11.6 Å². The summed E-state index contributed by atoms with van der Waals surface area (Å²) in [5, 5.41) is 1.53. The van der Waals surface area contributed by atoms with E-state index >= 15 is 0 Å². The van der Waals surface area contributed by atoms with Crippen molar-refractivity contribution in [2.45, 2.75) is 52.0 Å². The topological polar surface area (TPSA) is 8.17 Å². The Bertz CT molecular complexity index is 647. The van der Waals surface area contributed by atoms with Crippen molar-refractivity contribution in [2.75, 3.05) is 19.6 Å². The Labute approximate surface area is 127 Å². The van der Waals surface area contributed by atoms with E-state index in [0.717, 1.165) is 0 Å². The van der Waals surface area contributed by atoms with E-state index in [4.69, 9.17) is 0 Å². The van der Waals surface area contributed by atoms with Crippen LogP contribution in [0.1, 0.15) is 42.5 Å². The number of benzene rings is 1. The van der Waals surface area contributed by atoms with Crippen LogP contribution in [0.5, 0.6) is 0 Å². The summed E-state index contributed by atoms with van der Waals surface area (Å²) >= 11 is 0. The van der Waals surface area contributed by atoms with Crippen molar-refractivity contribution >= 4 is 10.9 Å². The van der Waals surface area contributed by atoms with E-state index in [-0.39, 0.29) is 0 Å². The molecule has 0 saturated carbocycles. The lowest BCUT2D eigenvalue weighted by Gasteiger charge is -2.19. The lowest BCUT2D eigenvalue weighted by molar-refractivity contribution is 0.322. The molecule has 21 heavy (non-hydrogen) atoms. The number of fused-ring (bicyclic) bond motifs is 3. The van der Waals surface area contributed by atoms with Crippen LogP contribution < -0.4 is 0 Å². The van der Waals surface area contributed by atoms with Crippen LogP contribution in [0, 0.1) is 6.92 Å². The van der Waals surface area contributed by atoms with Gasteiger partial charge in [-0.25, -0.2) is 0 Å². The molecule has 2 heterocycles. The first-order valence-corrected chi connectivity index (χ1v) is 8.66. The normalized spacial score (nSPS) is 19.3. The second kappa shape index (κ2) is 5.49. The Kier molecular flexibility index (Phi) is 3.50. The largest absolute Gasteiger partial charge is 0.343 e. The second-order valence-corrected chi connectivity index (χ2v) is 6.85. The first-order chi connectivity index (χ1) is 10.3. The molecule has 2 aliphatic rings. The molecule has 1 aromatic carbocycles. The van der Waals surface area contributed by atoms with Crippen LogP contribution in [0.4, 0.5) is 0 Å². The van der Waals surface area contributed by atoms with Crippen LogP contribution in [0.3, 0.4) is 0 Å². The highest BCUT2D eigenvalue weighted by Crippen LogP contribution is 2.32. The Hall–Kier alpha value is -1.28. The number of hydrogen-bond donors (Lipinski definition) is 0. The number of aryl methyl sites for hydroxylation is 2. The lowest BCUT2D eigenvalue weighted by Crippen LogP contribution is -2.25. The Balaban J connectivity index is 1.72. The summed E-state index contributed by atoms with van der Waals surface area (Å²) in [6, 6.07) is 7.04. The van der Waals surface area contributed by atoms with E-state index in [1.807, 2.05) is 0 Å². The number of rotatable bonds is 3. The van der Waals surface area contributed by atoms with Crippen molar-refractivity contribution in [3.8, 4) is 0 Å². The third-order valence-electron chi connectivity index (χ3n) is 5.37. The van der Waals surface area contributed by atoms with E-state index in [2.05, 4.69) is 34.6 Å². The van der Waals surface area contributed by atoms with Gasteiger partial charge in [-0.05, 0) is 76.2 Å². The smallest absolute Gasteiger partial charge is 0.0486 e. The molecule has 0 N–H and O–H groups in total. The molecule has 0 unspecified atom stereocenters. The summed E-state index contributed by atoms with van der Waals surface area (Å²) in [4.78, 5) is 2.63. The Morgan fingerprint density at radius 2 is 1.76 bits per heavy atom. The quantitative estimate of drug-likeness (QED) is 0.828. The molecule has 4 rings (SSSR count). The van der Waals surface area contributed by atoms with Crippen LogP contribution in [-0.4, -0.2) is 29.1 Å². The van der Waals surface area contributed by atoms with Gasteiger partial charge in [-0.15, -0.1) is 0 Å². The fraction of sp³-hybridized carbons (Fsp3) is 0.579. The average molecular weight is 282 g/mol. The SMILES string of the molecule is Cc1ccc2c(c1)c1c(n2CCN2CCCC2)CCCC1. The zero-order valence-corrected chi connectivity index (χ0v) is 13.2. The van der Waals surface area contributed by atoms with Gasteiger partial charge in [0.05, 0.1) is 0 Å². The van der Waals surface area contributed by atoms with Gasteiger partial charge in [0.25, 0.3) is 0 Å². The van der Waals surface area contributed by atoms with E-state index < -0.39 is 0 Å². The van der Waals surface area contributed by atoms with Crippen LogP contribution in [-0.2, 0) is 19.4 Å². The molecule has 2 heteroatoms. The van der Waals surface area contributed by atoms with Gasteiger partial charge in [0, 0.05) is 29.7 Å². The summed E-state index contributed by atoms with van der Waals surface area (Å²) in [5.74, 6) is 0. The van der Waals surface area contributed by atoms with Crippen LogP contribution >= 0.6 is 0 Å². The summed E-state index contributed by atoms with van der Waals surface area (Å²) in [7, 11) is 0. The molecular weight excluding hydrogens is 256 g/mol. The highest BCUT2D eigenvalue weighted by Gasteiger charge is 2.20. The molecular formula is C19H26N2. The predicted molar refractivity (Wildman–Crippen MR) is 89.0 cm³/mol. The number of aromatic nitrogens is 1. The van der Waals surface area contributed by atoms with Crippen molar-refractivity contribution < 1.29 is 0 Å². The maximum absolute atomic E-state index is 2.64. The van der Waals surface area contributed by atoms with Crippen LogP contribution in [0.15, 0.2) is 18.2 Å². The van der Waals surface area contributed by atoms with E-state index in [1.165, 1.54) is 81.2 Å². The average Bonchev–Trinajstić information content (AvgIpc) is 3.11. The number of likely N-dealkylation sites (tertiary alicyclic amines) is 1. The first kappa shape index (κ1) is 13.4. The monoisotopic (exact) mass is 282 g/mol. The van der Waals surface area contributed by atoms with Crippen LogP contribution in [0.25, 0.3) is 10.9 Å². The molecule has 1 aromatic heterocycles. The fourth-order valence-electron chi connectivity index (χ4n) is 4.25. The number of hydrogen-bond acceptors (Lipinski definition) is 1. The van der Waals surface area contributed by atoms with Crippen molar-refractivity contribution in [3.05, 3.63) is 35.0 Å². The lowest BCUT2D eigenvalue weighted by atomic mass is 9.95. The van der Waals surface area contributed by atoms with Gasteiger partial charge in [-0.3, -0.25) is 0 Å². The highest BCUT2D eigenvalue weighted by atomic mass is 15.2.